The molecular weight excluding hydrogens is 298 g/mol. The Kier molecular flexibility index (Phi) is 2.49. The number of nitrogens with one attached hydrogen (secondary N) is 1. The van der Waals surface area contributed by atoms with E-state index in [9.17, 15) is 5.26 Å². The molecule has 4 heterocycles. The monoisotopic (exact) mass is 309 g/mol. The number of rotatable bonds is 1. The second kappa shape index (κ2) is 4.29. The van der Waals surface area contributed by atoms with E-state index in [1.165, 1.54) is 0 Å². The van der Waals surface area contributed by atoms with Gasteiger partial charge in [-0.2, -0.15) is 10.4 Å². The molecule has 0 unspecified atom stereocenters. The Hall–Kier alpha value is -2.92. The fourth-order valence-electron chi connectivity index (χ4n) is 2.70. The first-order valence-electron chi connectivity index (χ1n) is 6.58. The zero-order valence-electron chi connectivity index (χ0n) is 11.9. The smallest absolute Gasteiger partial charge is 0.151 e. The average molecular weight is 309 g/mol. The number of fused-ring (bicyclic) bond motifs is 2. The fourth-order valence-corrected chi connectivity index (χ4v) is 3.66. The molecule has 4 aromatic heterocycles. The first-order valence-corrected chi connectivity index (χ1v) is 7.40. The van der Waals surface area contributed by atoms with Crippen LogP contribution in [0.15, 0.2) is 12.4 Å². The number of hydrogen-bond donors (Lipinski definition) is 2. The number of nitriles is 1. The van der Waals surface area contributed by atoms with Gasteiger partial charge in [0.1, 0.15) is 28.1 Å². The first-order chi connectivity index (χ1) is 10.6. The lowest BCUT2D eigenvalue weighted by molar-refractivity contribution is 1.04. The molecule has 0 spiro atoms. The van der Waals surface area contributed by atoms with Gasteiger partial charge in [-0.25, -0.2) is 9.97 Å². The Labute approximate surface area is 129 Å². The van der Waals surface area contributed by atoms with E-state index in [0.29, 0.717) is 28.2 Å². The van der Waals surface area contributed by atoms with Crippen LogP contribution in [-0.4, -0.2) is 24.7 Å². The molecule has 7 nitrogen and oxygen atoms in total. The average Bonchev–Trinajstić information content (AvgIpc) is 3.11. The minimum atomic E-state index is 0.376. The quantitative estimate of drug-likeness (QED) is 0.561. The number of thiophene rings is 1. The summed E-state index contributed by atoms with van der Waals surface area (Å²) in [5, 5.41) is 18.1. The van der Waals surface area contributed by atoms with Crippen molar-refractivity contribution in [2.45, 2.75) is 13.8 Å². The number of nitrogen functional groups attached to an aromatic ring is 1. The van der Waals surface area contributed by atoms with E-state index >= 15 is 0 Å². The van der Waals surface area contributed by atoms with E-state index in [-0.39, 0.29) is 0 Å². The minimum Gasteiger partial charge on any atom is -0.384 e. The lowest BCUT2D eigenvalue weighted by Gasteiger charge is -2.07. The molecule has 4 aromatic rings. The maximum absolute atomic E-state index is 9.42. The Morgan fingerprint density at radius 3 is 2.91 bits per heavy atom. The van der Waals surface area contributed by atoms with Crippen molar-refractivity contribution in [3.05, 3.63) is 28.7 Å². The minimum absolute atomic E-state index is 0.376. The van der Waals surface area contributed by atoms with Crippen LogP contribution in [0, 0.1) is 25.2 Å². The van der Waals surface area contributed by atoms with Gasteiger partial charge in [0.15, 0.2) is 5.65 Å². The van der Waals surface area contributed by atoms with Crippen LogP contribution in [0.5, 0.6) is 0 Å². The largest absolute Gasteiger partial charge is 0.384 e. The second-order valence-electron chi connectivity index (χ2n) is 4.98. The van der Waals surface area contributed by atoms with E-state index < -0.39 is 0 Å². The number of aromatic amines is 1. The predicted octanol–water partition coefficient (Wildman–Crippen LogP) is 2.43. The van der Waals surface area contributed by atoms with Crippen LogP contribution in [0.4, 0.5) is 5.82 Å². The number of aryl methyl sites for hydroxylation is 2. The summed E-state index contributed by atoms with van der Waals surface area (Å²) in [7, 11) is 0. The van der Waals surface area contributed by atoms with Gasteiger partial charge < -0.3 is 5.73 Å². The lowest BCUT2D eigenvalue weighted by atomic mass is 10.2. The van der Waals surface area contributed by atoms with Gasteiger partial charge in [0.05, 0.1) is 22.7 Å². The van der Waals surface area contributed by atoms with E-state index in [2.05, 4.69) is 26.2 Å². The van der Waals surface area contributed by atoms with Gasteiger partial charge in [0.25, 0.3) is 0 Å². The summed E-state index contributed by atoms with van der Waals surface area (Å²) in [6.07, 6.45) is 3.41. The molecule has 22 heavy (non-hydrogen) atoms. The number of hydrogen-bond acceptors (Lipinski definition) is 6. The number of H-pyrrole nitrogens is 1. The highest BCUT2D eigenvalue weighted by Gasteiger charge is 2.22. The van der Waals surface area contributed by atoms with E-state index in [1.807, 2.05) is 18.4 Å². The van der Waals surface area contributed by atoms with Crippen LogP contribution in [0.1, 0.15) is 16.3 Å². The standard InChI is InChI=1S/C14H11N7S/c1-6-11(10-5-18-20-14(10)22-6)21-12(16)8(3-15)9-4-17-7(2)19-13(9)21/h4-5H,16H2,1-2H3,(H,18,20). The van der Waals surface area contributed by atoms with Crippen molar-refractivity contribution in [3.63, 3.8) is 0 Å². The predicted molar refractivity (Wildman–Crippen MR) is 85.0 cm³/mol. The third kappa shape index (κ3) is 1.51. The van der Waals surface area contributed by atoms with Crippen molar-refractivity contribution in [2.75, 3.05) is 5.73 Å². The van der Waals surface area contributed by atoms with Crippen molar-refractivity contribution in [3.8, 4) is 11.8 Å². The van der Waals surface area contributed by atoms with Crippen molar-refractivity contribution < 1.29 is 0 Å². The Morgan fingerprint density at radius 1 is 1.32 bits per heavy atom. The summed E-state index contributed by atoms with van der Waals surface area (Å²) < 4.78 is 1.83. The van der Waals surface area contributed by atoms with Crippen LogP contribution in [-0.2, 0) is 0 Å². The SMILES string of the molecule is Cc1ncc2c(C#N)c(N)n(-c3c(C)sc4[nH]ncc34)c2n1. The highest BCUT2D eigenvalue weighted by molar-refractivity contribution is 7.19. The lowest BCUT2D eigenvalue weighted by Crippen LogP contribution is -2.02. The molecule has 4 rings (SSSR count). The Morgan fingerprint density at radius 2 is 2.14 bits per heavy atom. The van der Waals surface area contributed by atoms with Gasteiger partial charge in [0, 0.05) is 11.1 Å². The zero-order chi connectivity index (χ0) is 15.4. The van der Waals surface area contributed by atoms with Gasteiger partial charge in [-0.1, -0.05) is 0 Å². The van der Waals surface area contributed by atoms with E-state index in [1.54, 1.807) is 23.7 Å². The highest BCUT2D eigenvalue weighted by atomic mass is 32.1. The fraction of sp³-hybridized carbons (Fsp3) is 0.143. The zero-order valence-corrected chi connectivity index (χ0v) is 12.7. The van der Waals surface area contributed by atoms with Gasteiger partial charge in [-0.05, 0) is 13.8 Å². The number of aromatic nitrogens is 5. The summed E-state index contributed by atoms with van der Waals surface area (Å²) >= 11 is 1.60. The summed E-state index contributed by atoms with van der Waals surface area (Å²) in [5.41, 5.74) is 8.20. The molecular formula is C14H11N7S. The molecule has 0 aliphatic heterocycles. The normalized spacial score (nSPS) is 11.3. The van der Waals surface area contributed by atoms with Crippen molar-refractivity contribution >= 4 is 38.4 Å². The third-order valence-electron chi connectivity index (χ3n) is 3.65. The summed E-state index contributed by atoms with van der Waals surface area (Å²) in [5.74, 6) is 1.01. The molecule has 108 valence electrons. The van der Waals surface area contributed by atoms with Crippen LogP contribution >= 0.6 is 11.3 Å². The van der Waals surface area contributed by atoms with Gasteiger partial charge in [0.2, 0.25) is 0 Å². The molecule has 0 atom stereocenters. The number of nitrogens with zero attached hydrogens (tertiary/aromatic N) is 5. The molecule has 0 saturated carbocycles. The molecule has 0 fully saturated rings. The Bertz CT molecular complexity index is 1080. The van der Waals surface area contributed by atoms with Crippen molar-refractivity contribution in [1.82, 2.24) is 24.7 Å². The maximum Gasteiger partial charge on any atom is 0.151 e. The van der Waals surface area contributed by atoms with Crippen LogP contribution in [0.2, 0.25) is 0 Å². The van der Waals surface area contributed by atoms with Gasteiger partial charge in [-0.15, -0.1) is 11.3 Å². The van der Waals surface area contributed by atoms with Gasteiger partial charge >= 0.3 is 0 Å². The molecule has 0 saturated heterocycles. The molecule has 0 radical (unpaired) electrons. The molecule has 0 aliphatic carbocycles. The molecule has 3 N–H and O–H groups in total. The van der Waals surface area contributed by atoms with Crippen LogP contribution < -0.4 is 5.73 Å². The van der Waals surface area contributed by atoms with E-state index in [0.717, 1.165) is 20.8 Å². The summed E-state index contributed by atoms with van der Waals surface area (Å²) in [6.45, 7) is 3.83. The van der Waals surface area contributed by atoms with E-state index in [4.69, 9.17) is 5.73 Å². The Balaban J connectivity index is 2.22. The summed E-state index contributed by atoms with van der Waals surface area (Å²) in [6, 6.07) is 2.16. The van der Waals surface area contributed by atoms with Crippen LogP contribution in [0.25, 0.3) is 26.9 Å². The number of anilines is 1. The number of nitrogens with two attached hydrogens (primary N) is 1. The molecule has 0 aromatic carbocycles. The molecule has 0 amide bonds. The van der Waals surface area contributed by atoms with Crippen molar-refractivity contribution in [2.24, 2.45) is 0 Å². The first kappa shape index (κ1) is 12.8. The molecule has 8 heteroatoms. The molecule has 0 bridgehead atoms. The summed E-state index contributed by atoms with van der Waals surface area (Å²) in [4.78, 5) is 10.7. The van der Waals surface area contributed by atoms with Crippen LogP contribution in [0.3, 0.4) is 0 Å². The third-order valence-corrected chi connectivity index (χ3v) is 4.67. The van der Waals surface area contributed by atoms with Crippen molar-refractivity contribution in [1.29, 1.82) is 5.26 Å². The second-order valence-corrected chi connectivity index (χ2v) is 6.21. The maximum atomic E-state index is 9.42. The van der Waals surface area contributed by atoms with Gasteiger partial charge in [-0.3, -0.25) is 9.67 Å². The topological polar surface area (TPSA) is 109 Å². The molecule has 0 aliphatic rings. The highest BCUT2D eigenvalue weighted by Crippen LogP contribution is 2.37.